The third-order valence-electron chi connectivity index (χ3n) is 5.05. The van der Waals surface area contributed by atoms with Gasteiger partial charge in [0, 0.05) is 23.6 Å². The van der Waals surface area contributed by atoms with E-state index in [2.05, 4.69) is 15.7 Å². The van der Waals surface area contributed by atoms with Crippen molar-refractivity contribution in [3.63, 3.8) is 0 Å². The largest absolute Gasteiger partial charge is 0.465 e. The average Bonchev–Trinajstić information content (AvgIpc) is 3.40. The predicted molar refractivity (Wildman–Crippen MR) is 121 cm³/mol. The van der Waals surface area contributed by atoms with Gasteiger partial charge in [0.1, 0.15) is 12.4 Å². The van der Waals surface area contributed by atoms with Crippen LogP contribution in [0.1, 0.15) is 37.5 Å². The molecular formula is C23H22N4O4S. The molecule has 2 amide bonds. The number of aromatic nitrogens is 2. The van der Waals surface area contributed by atoms with Crippen LogP contribution >= 0.6 is 11.8 Å². The summed E-state index contributed by atoms with van der Waals surface area (Å²) in [6.07, 6.45) is 0. The second-order valence-electron chi connectivity index (χ2n) is 7.18. The molecule has 8 nitrogen and oxygen atoms in total. The van der Waals surface area contributed by atoms with Gasteiger partial charge >= 0.3 is 5.97 Å². The van der Waals surface area contributed by atoms with Crippen LogP contribution in [-0.4, -0.2) is 34.7 Å². The fourth-order valence-corrected chi connectivity index (χ4v) is 4.49. The highest BCUT2D eigenvalue weighted by Gasteiger charge is 2.26. The van der Waals surface area contributed by atoms with E-state index in [1.165, 1.54) is 17.9 Å². The predicted octanol–water partition coefficient (Wildman–Crippen LogP) is 2.99. The Labute approximate surface area is 189 Å². The summed E-state index contributed by atoms with van der Waals surface area (Å²) in [6, 6.07) is 16.1. The first kappa shape index (κ1) is 21.6. The van der Waals surface area contributed by atoms with Crippen molar-refractivity contribution in [3.05, 3.63) is 82.5 Å². The van der Waals surface area contributed by atoms with Crippen molar-refractivity contribution in [2.45, 2.75) is 24.6 Å². The number of thioether (sulfide) groups is 1. The van der Waals surface area contributed by atoms with Gasteiger partial charge in [0.2, 0.25) is 5.91 Å². The Hall–Kier alpha value is -3.59. The first-order valence-electron chi connectivity index (χ1n) is 10.0. The highest BCUT2D eigenvalue weighted by molar-refractivity contribution is 7.98. The molecule has 0 saturated heterocycles. The molecule has 0 bridgehead atoms. The maximum atomic E-state index is 13.0. The lowest BCUT2D eigenvalue weighted by atomic mass is 10.1. The topological polar surface area (TPSA) is 102 Å². The number of amides is 2. The summed E-state index contributed by atoms with van der Waals surface area (Å²) in [5.74, 6) is 0.615. The van der Waals surface area contributed by atoms with Crippen molar-refractivity contribution in [1.82, 2.24) is 15.1 Å². The van der Waals surface area contributed by atoms with Crippen LogP contribution in [0.5, 0.6) is 0 Å². The number of anilines is 1. The minimum atomic E-state index is -0.592. The molecule has 2 N–H and O–H groups in total. The molecule has 0 spiro atoms. The van der Waals surface area contributed by atoms with Gasteiger partial charge in [-0.2, -0.15) is 16.9 Å². The molecule has 0 saturated carbocycles. The highest BCUT2D eigenvalue weighted by atomic mass is 32.2. The van der Waals surface area contributed by atoms with Gasteiger partial charge < -0.3 is 15.4 Å². The van der Waals surface area contributed by atoms with Crippen LogP contribution in [0.2, 0.25) is 0 Å². The van der Waals surface area contributed by atoms with Gasteiger partial charge in [-0.3, -0.25) is 9.59 Å². The highest BCUT2D eigenvalue weighted by Crippen LogP contribution is 2.35. The van der Waals surface area contributed by atoms with Crippen molar-refractivity contribution in [2.75, 3.05) is 12.4 Å². The van der Waals surface area contributed by atoms with Gasteiger partial charge in [-0.1, -0.05) is 42.5 Å². The maximum absolute atomic E-state index is 13.0. The quantitative estimate of drug-likeness (QED) is 0.537. The van der Waals surface area contributed by atoms with E-state index < -0.39 is 11.9 Å². The number of hydrogen-bond acceptors (Lipinski definition) is 6. The van der Waals surface area contributed by atoms with Crippen molar-refractivity contribution in [1.29, 1.82) is 0 Å². The van der Waals surface area contributed by atoms with Gasteiger partial charge in [0.05, 0.1) is 23.9 Å². The molecule has 0 aliphatic carbocycles. The average molecular weight is 451 g/mol. The summed E-state index contributed by atoms with van der Waals surface area (Å²) in [6.45, 7) is 0.378. The summed E-state index contributed by atoms with van der Waals surface area (Å²) >= 11 is 1.69. The van der Waals surface area contributed by atoms with Crippen molar-refractivity contribution < 1.29 is 19.1 Å². The molecule has 1 aromatic heterocycles. The first-order valence-corrected chi connectivity index (χ1v) is 11.2. The number of hydrogen-bond donors (Lipinski definition) is 2. The van der Waals surface area contributed by atoms with E-state index in [1.54, 1.807) is 30.0 Å². The van der Waals surface area contributed by atoms with Crippen LogP contribution < -0.4 is 10.6 Å². The molecule has 9 heteroatoms. The number of carbonyl (C=O) groups excluding carboxylic acids is 3. The van der Waals surface area contributed by atoms with Gasteiger partial charge in [0.25, 0.3) is 5.91 Å². The number of fused-ring (bicyclic) bond motifs is 1. The van der Waals surface area contributed by atoms with E-state index in [4.69, 9.17) is 4.74 Å². The molecule has 164 valence electrons. The van der Waals surface area contributed by atoms with E-state index >= 15 is 0 Å². The molecule has 4 rings (SSSR count). The lowest BCUT2D eigenvalue weighted by molar-refractivity contribution is -0.122. The molecule has 0 atom stereocenters. The van der Waals surface area contributed by atoms with Gasteiger partial charge in [-0.25, -0.2) is 9.48 Å². The number of ether oxygens (including phenoxy) is 1. The summed E-state index contributed by atoms with van der Waals surface area (Å²) in [7, 11) is 1.27. The van der Waals surface area contributed by atoms with Crippen LogP contribution in [0.15, 0.2) is 54.6 Å². The Morgan fingerprint density at radius 2 is 1.75 bits per heavy atom. The molecule has 32 heavy (non-hydrogen) atoms. The number of methoxy groups -OCH3 is 1. The molecule has 0 unspecified atom stereocenters. The third kappa shape index (κ3) is 4.67. The van der Waals surface area contributed by atoms with Crippen LogP contribution in [0.3, 0.4) is 0 Å². The number of carbonyl (C=O) groups is 3. The molecular weight excluding hydrogens is 428 g/mol. The summed E-state index contributed by atoms with van der Waals surface area (Å²) in [5.41, 5.74) is 3.11. The van der Waals surface area contributed by atoms with E-state index in [0.29, 0.717) is 18.1 Å². The zero-order valence-corrected chi connectivity index (χ0v) is 18.3. The number of rotatable bonds is 7. The zero-order chi connectivity index (χ0) is 22.5. The smallest absolute Gasteiger partial charge is 0.338 e. The van der Waals surface area contributed by atoms with Crippen molar-refractivity contribution in [3.8, 4) is 0 Å². The second-order valence-corrected chi connectivity index (χ2v) is 8.16. The Morgan fingerprint density at radius 1 is 1.03 bits per heavy atom. The van der Waals surface area contributed by atoms with E-state index in [-0.39, 0.29) is 23.6 Å². The molecule has 2 aromatic carbocycles. The number of benzene rings is 2. The summed E-state index contributed by atoms with van der Waals surface area (Å²) in [4.78, 5) is 37.6. The Bertz CT molecular complexity index is 1160. The van der Waals surface area contributed by atoms with E-state index in [1.807, 2.05) is 30.3 Å². The van der Waals surface area contributed by atoms with Gasteiger partial charge in [-0.05, 0) is 17.7 Å². The summed E-state index contributed by atoms with van der Waals surface area (Å²) < 4.78 is 6.30. The van der Waals surface area contributed by atoms with E-state index in [0.717, 1.165) is 22.6 Å². The van der Waals surface area contributed by atoms with E-state index in [9.17, 15) is 14.4 Å². The minimum absolute atomic E-state index is 0.0290. The third-order valence-corrected chi connectivity index (χ3v) is 6.02. The number of nitrogens with one attached hydrogen (secondary N) is 2. The normalized spacial score (nSPS) is 12.2. The first-order chi connectivity index (χ1) is 15.6. The molecule has 3 aromatic rings. The monoisotopic (exact) mass is 450 g/mol. The lowest BCUT2D eigenvalue weighted by Crippen LogP contribution is -2.29. The molecule has 1 aliphatic rings. The fourth-order valence-electron chi connectivity index (χ4n) is 3.45. The minimum Gasteiger partial charge on any atom is -0.465 e. The van der Waals surface area contributed by atoms with Crippen LogP contribution in [0, 0.1) is 0 Å². The van der Waals surface area contributed by atoms with Gasteiger partial charge in [0.15, 0.2) is 0 Å². The standard InChI is InChI=1S/C23H22N4O4S/c1-31-23(30)17-10-6-5-9-16(17)22(29)25-21-18-13-32-14-19(18)26-27(21)12-20(28)24-11-15-7-3-2-4-8-15/h2-10H,11-14H2,1H3,(H,24,28)(H,25,29). The van der Waals surface area contributed by atoms with Crippen LogP contribution in [0.25, 0.3) is 0 Å². The Balaban J connectivity index is 1.53. The maximum Gasteiger partial charge on any atom is 0.338 e. The molecule has 2 heterocycles. The zero-order valence-electron chi connectivity index (χ0n) is 17.5. The van der Waals surface area contributed by atoms with Crippen LogP contribution in [-0.2, 0) is 34.1 Å². The summed E-state index contributed by atoms with van der Waals surface area (Å²) in [5, 5.41) is 10.3. The lowest BCUT2D eigenvalue weighted by Gasteiger charge is -2.13. The second kappa shape index (κ2) is 9.69. The Morgan fingerprint density at radius 3 is 2.50 bits per heavy atom. The number of nitrogens with zero attached hydrogens (tertiary/aromatic N) is 2. The SMILES string of the molecule is COC(=O)c1ccccc1C(=O)Nc1c2c(nn1CC(=O)NCc1ccccc1)CSC2. The fraction of sp³-hybridized carbons (Fsp3) is 0.217. The molecule has 0 radical (unpaired) electrons. The van der Waals surface area contributed by atoms with Crippen molar-refractivity contribution in [2.24, 2.45) is 0 Å². The van der Waals surface area contributed by atoms with Crippen LogP contribution in [0.4, 0.5) is 5.82 Å². The van der Waals surface area contributed by atoms with Crippen molar-refractivity contribution >= 4 is 35.4 Å². The molecule has 0 fully saturated rings. The number of esters is 1. The molecule has 1 aliphatic heterocycles. The Kier molecular flexibility index (Phi) is 6.55. The van der Waals surface area contributed by atoms with Gasteiger partial charge in [-0.15, -0.1) is 0 Å².